The maximum absolute atomic E-state index is 12.8. The Kier molecular flexibility index (Phi) is 5.84. The number of carbonyl (C=O) groups excluding carboxylic acids is 1. The van der Waals surface area contributed by atoms with Crippen molar-refractivity contribution < 1.29 is 4.79 Å². The SMILES string of the molecule is Cc1cccc(-c2n[nH]c(=S)n2CC(=O)Nc2nc(-c3c(C)cc(C)cc3C)cs2)c1. The van der Waals surface area contributed by atoms with Crippen molar-refractivity contribution >= 4 is 34.6 Å². The van der Waals surface area contributed by atoms with Gasteiger partial charge in [0.05, 0.1) is 5.69 Å². The van der Waals surface area contributed by atoms with Crippen molar-refractivity contribution in [1.29, 1.82) is 0 Å². The molecule has 0 aliphatic heterocycles. The maximum Gasteiger partial charge on any atom is 0.246 e. The van der Waals surface area contributed by atoms with Crippen LogP contribution in [0.1, 0.15) is 22.3 Å². The average molecular weight is 450 g/mol. The van der Waals surface area contributed by atoms with Crippen LogP contribution < -0.4 is 5.32 Å². The van der Waals surface area contributed by atoms with E-state index in [1.54, 1.807) is 4.57 Å². The summed E-state index contributed by atoms with van der Waals surface area (Å²) in [5.74, 6) is 0.430. The Morgan fingerprint density at radius 1 is 1.13 bits per heavy atom. The number of anilines is 1. The molecule has 0 aliphatic carbocycles. The highest BCUT2D eigenvalue weighted by Crippen LogP contribution is 2.31. The van der Waals surface area contributed by atoms with Gasteiger partial charge in [-0.25, -0.2) is 4.98 Å². The number of aromatic nitrogens is 4. The Labute approximate surface area is 190 Å². The fourth-order valence-corrected chi connectivity index (χ4v) is 4.72. The molecule has 31 heavy (non-hydrogen) atoms. The van der Waals surface area contributed by atoms with Crippen molar-refractivity contribution in [2.75, 3.05) is 5.32 Å². The Hall–Kier alpha value is -3.10. The van der Waals surface area contributed by atoms with Gasteiger partial charge in [-0.1, -0.05) is 41.5 Å². The van der Waals surface area contributed by atoms with Gasteiger partial charge in [0.15, 0.2) is 15.7 Å². The number of nitrogens with one attached hydrogen (secondary N) is 2. The van der Waals surface area contributed by atoms with Crippen LogP contribution in [-0.4, -0.2) is 25.7 Å². The van der Waals surface area contributed by atoms with Crippen LogP contribution in [-0.2, 0) is 11.3 Å². The van der Waals surface area contributed by atoms with Gasteiger partial charge in [0, 0.05) is 16.5 Å². The molecule has 0 unspecified atom stereocenters. The van der Waals surface area contributed by atoms with Crippen LogP contribution in [0, 0.1) is 32.5 Å². The standard InChI is InChI=1S/C23H23N5OS2/c1-13-6-5-7-17(10-13)21-26-27-23(30)28(21)11-19(29)25-22-24-18(12-31-22)20-15(3)8-14(2)9-16(20)4/h5-10,12H,11H2,1-4H3,(H,27,30)(H,24,25,29). The number of thiazole rings is 1. The maximum atomic E-state index is 12.8. The zero-order valence-corrected chi connectivity index (χ0v) is 19.4. The second-order valence-electron chi connectivity index (χ2n) is 7.67. The molecule has 0 saturated carbocycles. The number of nitrogens with zero attached hydrogens (tertiary/aromatic N) is 3. The molecule has 8 heteroatoms. The van der Waals surface area contributed by atoms with E-state index in [9.17, 15) is 4.79 Å². The van der Waals surface area contributed by atoms with Gasteiger partial charge >= 0.3 is 0 Å². The number of aromatic amines is 1. The molecule has 0 atom stereocenters. The topological polar surface area (TPSA) is 75.6 Å². The molecule has 4 rings (SSSR count). The van der Waals surface area contributed by atoms with Gasteiger partial charge in [0.25, 0.3) is 0 Å². The molecule has 0 radical (unpaired) electrons. The molecular weight excluding hydrogens is 426 g/mol. The van der Waals surface area contributed by atoms with E-state index >= 15 is 0 Å². The van der Waals surface area contributed by atoms with E-state index in [1.807, 2.05) is 36.6 Å². The summed E-state index contributed by atoms with van der Waals surface area (Å²) in [5.41, 5.74) is 7.57. The van der Waals surface area contributed by atoms with E-state index in [2.05, 4.69) is 53.4 Å². The van der Waals surface area contributed by atoms with E-state index in [0.29, 0.717) is 15.7 Å². The van der Waals surface area contributed by atoms with Crippen LogP contribution in [0.3, 0.4) is 0 Å². The number of benzene rings is 2. The lowest BCUT2D eigenvalue weighted by molar-refractivity contribution is -0.116. The van der Waals surface area contributed by atoms with Crippen molar-refractivity contribution in [3.05, 3.63) is 68.8 Å². The van der Waals surface area contributed by atoms with E-state index in [-0.39, 0.29) is 12.5 Å². The smallest absolute Gasteiger partial charge is 0.246 e. The third-order valence-corrected chi connectivity index (χ3v) is 6.09. The van der Waals surface area contributed by atoms with Gasteiger partial charge < -0.3 is 5.32 Å². The van der Waals surface area contributed by atoms with E-state index in [1.165, 1.54) is 28.0 Å². The van der Waals surface area contributed by atoms with Gasteiger partial charge in [-0.3, -0.25) is 14.5 Å². The molecule has 4 aromatic rings. The molecule has 0 aliphatic rings. The average Bonchev–Trinajstić information content (AvgIpc) is 3.28. The Morgan fingerprint density at radius 2 is 1.87 bits per heavy atom. The van der Waals surface area contributed by atoms with E-state index in [0.717, 1.165) is 22.4 Å². The molecule has 2 aromatic heterocycles. The lowest BCUT2D eigenvalue weighted by atomic mass is 9.98. The second-order valence-corrected chi connectivity index (χ2v) is 8.91. The number of carbonyl (C=O) groups is 1. The Morgan fingerprint density at radius 3 is 2.58 bits per heavy atom. The minimum absolute atomic E-state index is 0.0517. The van der Waals surface area contributed by atoms with E-state index in [4.69, 9.17) is 12.2 Å². The zero-order valence-electron chi connectivity index (χ0n) is 17.8. The lowest BCUT2D eigenvalue weighted by Gasteiger charge is -2.09. The summed E-state index contributed by atoms with van der Waals surface area (Å²) < 4.78 is 2.10. The number of hydrogen-bond acceptors (Lipinski definition) is 5. The molecule has 1 amide bonds. The Bertz CT molecular complexity index is 1310. The number of aryl methyl sites for hydroxylation is 4. The summed E-state index contributed by atoms with van der Waals surface area (Å²) in [6.45, 7) is 8.32. The molecule has 2 aromatic carbocycles. The minimum atomic E-state index is -0.204. The highest BCUT2D eigenvalue weighted by atomic mass is 32.1. The number of hydrogen-bond donors (Lipinski definition) is 2. The summed E-state index contributed by atoms with van der Waals surface area (Å²) in [4.78, 5) is 17.4. The van der Waals surface area contributed by atoms with Crippen LogP contribution in [0.25, 0.3) is 22.6 Å². The second kappa shape index (κ2) is 8.56. The van der Waals surface area contributed by atoms with Gasteiger partial charge in [0.2, 0.25) is 5.91 Å². The van der Waals surface area contributed by atoms with Crippen LogP contribution in [0.2, 0.25) is 0 Å². The summed E-state index contributed by atoms with van der Waals surface area (Å²) in [6, 6.07) is 12.2. The summed E-state index contributed by atoms with van der Waals surface area (Å²) in [6.07, 6.45) is 0. The van der Waals surface area contributed by atoms with Crippen molar-refractivity contribution in [3.63, 3.8) is 0 Å². The molecule has 0 fully saturated rings. The number of H-pyrrole nitrogens is 1. The van der Waals surface area contributed by atoms with Gasteiger partial charge in [-0.05, 0) is 57.1 Å². The van der Waals surface area contributed by atoms with Crippen molar-refractivity contribution in [1.82, 2.24) is 19.7 Å². The van der Waals surface area contributed by atoms with Crippen molar-refractivity contribution in [2.24, 2.45) is 0 Å². The first-order chi connectivity index (χ1) is 14.8. The lowest BCUT2D eigenvalue weighted by Crippen LogP contribution is -2.19. The first-order valence-corrected chi connectivity index (χ1v) is 11.2. The molecular formula is C23H23N5OS2. The summed E-state index contributed by atoms with van der Waals surface area (Å²) in [7, 11) is 0. The molecule has 158 valence electrons. The predicted octanol–water partition coefficient (Wildman–Crippen LogP) is 5.60. The van der Waals surface area contributed by atoms with Crippen LogP contribution >= 0.6 is 23.6 Å². The third kappa shape index (κ3) is 4.50. The molecule has 6 nitrogen and oxygen atoms in total. The highest BCUT2D eigenvalue weighted by molar-refractivity contribution is 7.71. The monoisotopic (exact) mass is 449 g/mol. The van der Waals surface area contributed by atoms with E-state index < -0.39 is 0 Å². The predicted molar refractivity (Wildman–Crippen MR) is 128 cm³/mol. The van der Waals surface area contributed by atoms with Crippen molar-refractivity contribution in [3.8, 4) is 22.6 Å². The fourth-order valence-electron chi connectivity index (χ4n) is 3.80. The first kappa shape index (κ1) is 21.1. The zero-order chi connectivity index (χ0) is 22.1. The van der Waals surface area contributed by atoms with Crippen molar-refractivity contribution in [2.45, 2.75) is 34.2 Å². The number of amides is 1. The normalized spacial score (nSPS) is 11.0. The molecule has 0 saturated heterocycles. The minimum Gasteiger partial charge on any atom is -0.300 e. The molecule has 0 bridgehead atoms. The first-order valence-electron chi connectivity index (χ1n) is 9.87. The van der Waals surface area contributed by atoms with Crippen LogP contribution in [0.5, 0.6) is 0 Å². The summed E-state index contributed by atoms with van der Waals surface area (Å²) >= 11 is 6.76. The third-order valence-electron chi connectivity index (χ3n) is 5.02. The number of rotatable bonds is 5. The fraction of sp³-hybridized carbons (Fsp3) is 0.217. The molecule has 2 heterocycles. The van der Waals surface area contributed by atoms with Gasteiger partial charge in [0.1, 0.15) is 6.54 Å². The largest absolute Gasteiger partial charge is 0.300 e. The van der Waals surface area contributed by atoms with Crippen LogP contribution in [0.15, 0.2) is 41.8 Å². The van der Waals surface area contributed by atoms with Gasteiger partial charge in [-0.15, -0.1) is 11.3 Å². The summed E-state index contributed by atoms with van der Waals surface area (Å²) in [5, 5.41) is 12.5. The quantitative estimate of drug-likeness (QED) is 0.389. The van der Waals surface area contributed by atoms with Crippen LogP contribution in [0.4, 0.5) is 5.13 Å². The molecule has 0 spiro atoms. The Balaban J connectivity index is 1.54. The highest BCUT2D eigenvalue weighted by Gasteiger charge is 2.15. The van der Waals surface area contributed by atoms with Gasteiger partial charge in [-0.2, -0.15) is 5.10 Å². The molecule has 2 N–H and O–H groups in total.